The van der Waals surface area contributed by atoms with E-state index in [2.05, 4.69) is 0 Å². The zero-order valence-corrected chi connectivity index (χ0v) is 19.4. The molecule has 0 amide bonds. The zero-order chi connectivity index (χ0) is 24.8. The summed E-state index contributed by atoms with van der Waals surface area (Å²) in [5, 5.41) is 1.76. The van der Waals surface area contributed by atoms with Crippen LogP contribution in [-0.2, 0) is 28.2 Å². The highest BCUT2D eigenvalue weighted by atomic mass is 16.3. The molecule has 0 saturated heterocycles. The monoisotopic (exact) mass is 470 g/mol. The number of para-hydroxylation sites is 1. The van der Waals surface area contributed by atoms with Gasteiger partial charge in [0.1, 0.15) is 27.6 Å². The van der Waals surface area contributed by atoms with Crippen LogP contribution in [0.3, 0.4) is 0 Å². The van der Waals surface area contributed by atoms with Crippen LogP contribution >= 0.6 is 0 Å². The van der Waals surface area contributed by atoms with E-state index in [-0.39, 0.29) is 11.1 Å². The van der Waals surface area contributed by atoms with Gasteiger partial charge < -0.3 is 4.42 Å². The number of fused-ring (bicyclic) bond motifs is 6. The Morgan fingerprint density at radius 3 is 2.14 bits per heavy atom. The van der Waals surface area contributed by atoms with E-state index < -0.39 is 22.5 Å². The number of aromatic nitrogens is 5. The molecule has 0 saturated carbocycles. The van der Waals surface area contributed by atoms with Gasteiger partial charge in [-0.2, -0.15) is 9.13 Å². The molecule has 0 unspecified atom stereocenters. The lowest BCUT2D eigenvalue weighted by molar-refractivity contribution is -0.667. The summed E-state index contributed by atoms with van der Waals surface area (Å²) in [6.07, 6.45) is 0. The Kier molecular flexibility index (Phi) is 4.10. The van der Waals surface area contributed by atoms with Crippen molar-refractivity contribution in [3.8, 4) is 5.69 Å². The minimum Gasteiger partial charge on any atom is -0.439 e. The number of rotatable bonds is 1. The molecule has 6 rings (SSSR count). The summed E-state index contributed by atoms with van der Waals surface area (Å²) in [4.78, 5) is 51.6. The molecule has 0 spiro atoms. The molecule has 0 aliphatic rings. The van der Waals surface area contributed by atoms with E-state index in [9.17, 15) is 19.2 Å². The topological polar surface area (TPSA) is 105 Å². The van der Waals surface area contributed by atoms with Crippen molar-refractivity contribution in [3.63, 3.8) is 0 Å². The number of nitrogens with zero attached hydrogens (tertiary/aromatic N) is 5. The molecule has 10 heteroatoms. The van der Waals surface area contributed by atoms with Crippen molar-refractivity contribution in [3.05, 3.63) is 90.2 Å². The Morgan fingerprint density at radius 1 is 0.771 bits per heavy atom. The van der Waals surface area contributed by atoms with Crippen LogP contribution in [0.15, 0.2) is 72.1 Å². The molecule has 0 aliphatic carbocycles. The van der Waals surface area contributed by atoms with Crippen LogP contribution in [0.4, 0.5) is 0 Å². The van der Waals surface area contributed by atoms with E-state index in [4.69, 9.17) is 4.42 Å². The van der Waals surface area contributed by atoms with Crippen LogP contribution in [0.5, 0.6) is 0 Å². The fraction of sp³-hybridized carbons (Fsp3) is 0.160. The predicted octanol–water partition coefficient (Wildman–Crippen LogP) is 0.964. The minimum absolute atomic E-state index is 0.165. The molecule has 0 atom stereocenters. The summed E-state index contributed by atoms with van der Waals surface area (Å²) in [6, 6.07) is 14.6. The molecule has 35 heavy (non-hydrogen) atoms. The normalized spacial score (nSPS) is 11.9. The van der Waals surface area contributed by atoms with Gasteiger partial charge in [0.2, 0.25) is 5.71 Å². The average Bonchev–Trinajstić information content (AvgIpc) is 3.33. The molecule has 174 valence electrons. The lowest BCUT2D eigenvalue weighted by Gasteiger charge is -2.04. The molecule has 0 N–H and O–H groups in total. The van der Waals surface area contributed by atoms with Crippen molar-refractivity contribution >= 4 is 44.0 Å². The van der Waals surface area contributed by atoms with Gasteiger partial charge in [0.15, 0.2) is 0 Å². The summed E-state index contributed by atoms with van der Waals surface area (Å²) in [5.74, 6) is 0. The van der Waals surface area contributed by atoms with E-state index in [1.165, 1.54) is 23.2 Å². The Morgan fingerprint density at radius 2 is 1.43 bits per heavy atom. The van der Waals surface area contributed by atoms with E-state index in [1.54, 1.807) is 32.3 Å². The smallest absolute Gasteiger partial charge is 0.439 e. The quantitative estimate of drug-likeness (QED) is 0.333. The first kappa shape index (κ1) is 20.8. The largest absolute Gasteiger partial charge is 0.445 e. The van der Waals surface area contributed by atoms with E-state index in [1.807, 2.05) is 34.9 Å². The molecule has 0 radical (unpaired) electrons. The Labute approximate surface area is 195 Å². The van der Waals surface area contributed by atoms with Crippen molar-refractivity contribution in [2.75, 3.05) is 0 Å². The first-order valence-electron chi connectivity index (χ1n) is 10.9. The molecular weight excluding hydrogens is 450 g/mol. The second-order valence-corrected chi connectivity index (χ2v) is 8.62. The molecule has 4 aromatic heterocycles. The second-order valence-electron chi connectivity index (χ2n) is 8.62. The molecule has 0 fully saturated rings. The number of benzene rings is 1. The molecule has 0 bridgehead atoms. The molecule has 0 aliphatic heterocycles. The fourth-order valence-electron chi connectivity index (χ4n) is 4.86. The summed E-state index contributed by atoms with van der Waals surface area (Å²) in [7, 11) is 6.03. The maximum absolute atomic E-state index is 13.3. The number of furan rings is 1. The van der Waals surface area contributed by atoms with Gasteiger partial charge >= 0.3 is 16.9 Å². The molecule has 4 heterocycles. The maximum Gasteiger partial charge on any atom is 0.445 e. The van der Waals surface area contributed by atoms with Crippen molar-refractivity contribution < 1.29 is 8.98 Å². The third-order valence-electron chi connectivity index (χ3n) is 6.68. The van der Waals surface area contributed by atoms with Crippen molar-refractivity contribution in [2.45, 2.75) is 0 Å². The minimum atomic E-state index is -0.493. The van der Waals surface area contributed by atoms with Gasteiger partial charge in [-0.05, 0) is 24.3 Å². The van der Waals surface area contributed by atoms with Gasteiger partial charge in [-0.25, -0.2) is 19.0 Å². The van der Waals surface area contributed by atoms with Gasteiger partial charge in [0.05, 0.1) is 14.1 Å². The summed E-state index contributed by atoms with van der Waals surface area (Å²) in [5.41, 5.74) is 0.508. The summed E-state index contributed by atoms with van der Waals surface area (Å²) in [6.45, 7) is 0. The molecular formula is C25H20N5O5+. The van der Waals surface area contributed by atoms with E-state index in [0.717, 1.165) is 14.8 Å². The van der Waals surface area contributed by atoms with Gasteiger partial charge in [-0.1, -0.05) is 18.2 Å². The van der Waals surface area contributed by atoms with Gasteiger partial charge in [0, 0.05) is 30.9 Å². The van der Waals surface area contributed by atoms with Crippen LogP contribution < -0.4 is 27.1 Å². The highest BCUT2D eigenvalue weighted by molar-refractivity contribution is 6.11. The third kappa shape index (κ3) is 2.56. The second kappa shape index (κ2) is 6.89. The molecule has 2 aromatic carbocycles. The number of hydrogen-bond acceptors (Lipinski definition) is 5. The Bertz CT molecular complexity index is 2130. The summed E-state index contributed by atoms with van der Waals surface area (Å²) < 4.78 is 12.7. The van der Waals surface area contributed by atoms with Crippen LogP contribution in [0.25, 0.3) is 49.7 Å². The average molecular weight is 470 g/mol. The number of aryl methyl sites for hydroxylation is 2. The van der Waals surface area contributed by atoms with Crippen LogP contribution in [0.1, 0.15) is 0 Å². The lowest BCUT2D eigenvalue weighted by Crippen LogP contribution is -2.55. The predicted molar refractivity (Wildman–Crippen MR) is 131 cm³/mol. The molecule has 10 nitrogen and oxygen atoms in total. The molecule has 6 aromatic rings. The Hall–Kier alpha value is -4.73. The SMILES string of the molecule is Cn1c(=O)c2c3ccc4c5c(=O)n(C)c(=O)[n+](C)c5n(-c5ccccc5)c4cc3oc2n(C)c1=O. The van der Waals surface area contributed by atoms with Crippen LogP contribution in [0, 0.1) is 0 Å². The lowest BCUT2D eigenvalue weighted by atomic mass is 10.2. The van der Waals surface area contributed by atoms with Gasteiger partial charge in [0.25, 0.3) is 11.2 Å². The van der Waals surface area contributed by atoms with Crippen molar-refractivity contribution in [1.82, 2.24) is 18.3 Å². The first-order valence-corrected chi connectivity index (χ1v) is 10.9. The van der Waals surface area contributed by atoms with Crippen molar-refractivity contribution in [2.24, 2.45) is 28.2 Å². The van der Waals surface area contributed by atoms with E-state index >= 15 is 0 Å². The van der Waals surface area contributed by atoms with Crippen LogP contribution in [0.2, 0.25) is 0 Å². The van der Waals surface area contributed by atoms with Crippen LogP contribution in [-0.4, -0.2) is 18.3 Å². The highest BCUT2D eigenvalue weighted by Gasteiger charge is 2.27. The first-order chi connectivity index (χ1) is 16.7. The highest BCUT2D eigenvalue weighted by Crippen LogP contribution is 2.32. The maximum atomic E-state index is 13.3. The Balaban J connectivity index is 1.94. The standard InChI is InChI=1S/C25H20N5O5/c1-26-20-18(21(31)27(2)24(26)33)14-10-11-15-17(12-16(14)30(20)13-8-6-5-7-9-13)35-23-19(15)22(32)28(3)25(34)29(23)4/h5-12H,1-4H3/q+1. The van der Waals surface area contributed by atoms with Crippen molar-refractivity contribution in [1.29, 1.82) is 0 Å². The fourth-order valence-corrected chi connectivity index (χ4v) is 4.86. The zero-order valence-electron chi connectivity index (χ0n) is 19.4. The van der Waals surface area contributed by atoms with Gasteiger partial charge in [-0.3, -0.25) is 13.9 Å². The summed E-state index contributed by atoms with van der Waals surface area (Å²) >= 11 is 0. The number of hydrogen-bond donors (Lipinski definition) is 0. The third-order valence-corrected chi connectivity index (χ3v) is 6.68. The van der Waals surface area contributed by atoms with E-state index in [0.29, 0.717) is 32.9 Å². The van der Waals surface area contributed by atoms with Gasteiger partial charge in [-0.15, -0.1) is 0 Å².